The van der Waals surface area contributed by atoms with Crippen LogP contribution in [0.25, 0.3) is 0 Å². The van der Waals surface area contributed by atoms with Gasteiger partial charge in [0.15, 0.2) is 17.2 Å². The Morgan fingerprint density at radius 3 is 2.33 bits per heavy atom. The number of esters is 1. The van der Waals surface area contributed by atoms with Crippen LogP contribution in [0.15, 0.2) is 47.7 Å². The second-order valence-corrected chi connectivity index (χ2v) is 12.9. The molecule has 2 aromatic rings. The van der Waals surface area contributed by atoms with Crippen LogP contribution in [0.1, 0.15) is 80.4 Å². The molecule has 5 atom stereocenters. The number of phenols is 1. The highest BCUT2D eigenvalue weighted by atomic mass is 16.5. The summed E-state index contributed by atoms with van der Waals surface area (Å²) in [4.78, 5) is 52.9. The minimum Gasteiger partial charge on any atom is -0.508 e. The molecule has 3 aliphatic carbocycles. The van der Waals surface area contributed by atoms with E-state index in [1.54, 1.807) is 50.2 Å². The topological polar surface area (TPSA) is 158 Å². The molecule has 9 heteroatoms. The Labute approximate surface area is 243 Å². The number of benzene rings is 2. The number of carbonyl (C=O) groups is 4. The van der Waals surface area contributed by atoms with Crippen molar-refractivity contribution in [1.82, 2.24) is 0 Å². The van der Waals surface area contributed by atoms with Gasteiger partial charge in [-0.1, -0.05) is 52.0 Å². The molecule has 1 fully saturated rings. The van der Waals surface area contributed by atoms with Crippen LogP contribution in [-0.2, 0) is 27.2 Å². The number of rotatable bonds is 5. The normalized spacial score (nSPS) is 30.5. The SMILES string of the molecule is CC(=O)C1C(=O)C2(O)C(O)=C3C(=O)c4c(O)c(CC(=O)Oc5ccccc5)cc(C(C)C)c4CC3(C)CC2(C)CC1O. The van der Waals surface area contributed by atoms with E-state index in [2.05, 4.69) is 0 Å². The number of fused-ring (bicyclic) bond motifs is 3. The zero-order valence-electron chi connectivity index (χ0n) is 24.4. The molecule has 0 bridgehead atoms. The van der Waals surface area contributed by atoms with Crippen molar-refractivity contribution in [3.63, 3.8) is 0 Å². The summed E-state index contributed by atoms with van der Waals surface area (Å²) in [5.74, 6) is -5.72. The Hall–Kier alpha value is -3.82. The van der Waals surface area contributed by atoms with Gasteiger partial charge in [-0.2, -0.15) is 0 Å². The van der Waals surface area contributed by atoms with Crippen molar-refractivity contribution < 1.29 is 44.3 Å². The second-order valence-electron chi connectivity index (χ2n) is 12.9. The Morgan fingerprint density at radius 1 is 1.10 bits per heavy atom. The standard InChI is InChI=1S/C33H36O9/c1-16(2)20-11-18(12-23(36)42-19-9-7-6-8-10-19)27(37)25-21(20)13-31(4)15-32(5)14-22(35)24(17(3)34)29(39)33(32,41)30(40)26(31)28(25)38/h6-11,16,22,24,35,37,40-41H,12-15H2,1-5H3. The molecule has 3 aliphatic rings. The molecule has 0 spiro atoms. The van der Waals surface area contributed by atoms with Crippen molar-refractivity contribution in [3.8, 4) is 11.5 Å². The maximum Gasteiger partial charge on any atom is 0.315 e. The van der Waals surface area contributed by atoms with E-state index >= 15 is 0 Å². The number of phenolic OH excluding ortho intramolecular Hbond substituents is 1. The number of ketones is 3. The molecule has 9 nitrogen and oxygen atoms in total. The van der Waals surface area contributed by atoms with E-state index in [1.165, 1.54) is 0 Å². The molecule has 222 valence electrons. The van der Waals surface area contributed by atoms with Crippen LogP contribution in [0.3, 0.4) is 0 Å². The molecule has 42 heavy (non-hydrogen) atoms. The number of ether oxygens (including phenoxy) is 1. The number of Topliss-reactive ketones (excluding diaryl/α,β-unsaturated/α-hetero) is 3. The molecule has 0 radical (unpaired) electrons. The second kappa shape index (κ2) is 9.88. The molecule has 0 amide bonds. The van der Waals surface area contributed by atoms with Crippen LogP contribution in [0.4, 0.5) is 0 Å². The van der Waals surface area contributed by atoms with Gasteiger partial charge in [0.05, 0.1) is 18.1 Å². The minimum absolute atomic E-state index is 0.0535. The first-order valence-corrected chi connectivity index (χ1v) is 14.1. The first-order chi connectivity index (χ1) is 19.6. The number of aromatic hydroxyl groups is 1. The molecule has 0 aliphatic heterocycles. The molecule has 0 heterocycles. The van der Waals surface area contributed by atoms with Gasteiger partial charge in [0, 0.05) is 22.0 Å². The summed E-state index contributed by atoms with van der Waals surface area (Å²) in [6, 6.07) is 10.1. The van der Waals surface area contributed by atoms with Gasteiger partial charge < -0.3 is 25.2 Å². The number of para-hydroxylation sites is 1. The van der Waals surface area contributed by atoms with Crippen molar-refractivity contribution in [1.29, 1.82) is 0 Å². The molecule has 5 unspecified atom stereocenters. The van der Waals surface area contributed by atoms with Crippen LogP contribution in [0, 0.1) is 16.7 Å². The first kappa shape index (κ1) is 29.7. The van der Waals surface area contributed by atoms with Crippen LogP contribution >= 0.6 is 0 Å². The van der Waals surface area contributed by atoms with Gasteiger partial charge in [0.25, 0.3) is 0 Å². The largest absolute Gasteiger partial charge is 0.508 e. The number of allylic oxidation sites excluding steroid dienone is 1. The van der Waals surface area contributed by atoms with Crippen molar-refractivity contribution >= 4 is 23.3 Å². The van der Waals surface area contributed by atoms with Crippen LogP contribution < -0.4 is 4.74 Å². The quantitative estimate of drug-likeness (QED) is 0.235. The van der Waals surface area contributed by atoms with Crippen LogP contribution in [-0.4, -0.2) is 55.5 Å². The lowest BCUT2D eigenvalue weighted by molar-refractivity contribution is -0.185. The monoisotopic (exact) mass is 576 g/mol. The summed E-state index contributed by atoms with van der Waals surface area (Å²) in [7, 11) is 0. The third-order valence-corrected chi connectivity index (χ3v) is 9.43. The van der Waals surface area contributed by atoms with E-state index in [9.17, 15) is 39.6 Å². The van der Waals surface area contributed by atoms with Crippen molar-refractivity contribution in [2.45, 2.75) is 77.9 Å². The summed E-state index contributed by atoms with van der Waals surface area (Å²) in [5, 5.41) is 45.7. The molecular weight excluding hydrogens is 540 g/mol. The molecule has 1 saturated carbocycles. The lowest BCUT2D eigenvalue weighted by atomic mass is 9.46. The van der Waals surface area contributed by atoms with Gasteiger partial charge in [-0.3, -0.25) is 19.2 Å². The highest BCUT2D eigenvalue weighted by Crippen LogP contribution is 2.62. The Morgan fingerprint density at radius 2 is 1.74 bits per heavy atom. The van der Waals surface area contributed by atoms with Crippen molar-refractivity contribution in [2.75, 3.05) is 0 Å². The lowest BCUT2D eigenvalue weighted by Gasteiger charge is -2.58. The fourth-order valence-electron chi connectivity index (χ4n) is 7.63. The molecule has 0 aromatic heterocycles. The van der Waals surface area contributed by atoms with E-state index in [0.29, 0.717) is 11.3 Å². The van der Waals surface area contributed by atoms with E-state index in [0.717, 1.165) is 12.5 Å². The maximum absolute atomic E-state index is 14.3. The zero-order chi connectivity index (χ0) is 30.9. The van der Waals surface area contributed by atoms with Gasteiger partial charge in [-0.15, -0.1) is 0 Å². The van der Waals surface area contributed by atoms with Gasteiger partial charge in [0.1, 0.15) is 29.0 Å². The number of aliphatic hydroxyl groups excluding tert-OH is 2. The van der Waals surface area contributed by atoms with E-state index in [1.807, 2.05) is 13.8 Å². The summed E-state index contributed by atoms with van der Waals surface area (Å²) in [6.07, 6.45) is -1.58. The highest BCUT2D eigenvalue weighted by Gasteiger charge is 2.69. The van der Waals surface area contributed by atoms with Gasteiger partial charge >= 0.3 is 5.97 Å². The number of aliphatic hydroxyl groups is 3. The Balaban J connectivity index is 1.65. The van der Waals surface area contributed by atoms with Crippen molar-refractivity contribution in [2.24, 2.45) is 16.7 Å². The first-order valence-electron chi connectivity index (χ1n) is 14.1. The number of carbonyl (C=O) groups excluding carboxylic acids is 4. The summed E-state index contributed by atoms with van der Waals surface area (Å²) < 4.78 is 5.39. The third kappa shape index (κ3) is 4.21. The predicted octanol–water partition coefficient (Wildman–Crippen LogP) is 3.90. The van der Waals surface area contributed by atoms with Gasteiger partial charge in [-0.25, -0.2) is 0 Å². The average molecular weight is 577 g/mol. The fourth-order valence-corrected chi connectivity index (χ4v) is 7.63. The van der Waals surface area contributed by atoms with Crippen molar-refractivity contribution in [3.05, 3.63) is 70.0 Å². The smallest absolute Gasteiger partial charge is 0.315 e. The summed E-state index contributed by atoms with van der Waals surface area (Å²) in [6.45, 7) is 8.31. The summed E-state index contributed by atoms with van der Waals surface area (Å²) in [5.41, 5.74) is -3.87. The molecule has 0 saturated heterocycles. The van der Waals surface area contributed by atoms with Gasteiger partial charge in [-0.05, 0) is 55.4 Å². The number of hydrogen-bond acceptors (Lipinski definition) is 9. The molecule has 4 N–H and O–H groups in total. The van der Waals surface area contributed by atoms with Gasteiger partial charge in [0.2, 0.25) is 0 Å². The Bertz CT molecular complexity index is 1550. The molecule has 2 aromatic carbocycles. The Kier molecular flexibility index (Phi) is 6.98. The summed E-state index contributed by atoms with van der Waals surface area (Å²) >= 11 is 0. The van der Waals surface area contributed by atoms with E-state index in [4.69, 9.17) is 4.74 Å². The molecular formula is C33H36O9. The zero-order valence-corrected chi connectivity index (χ0v) is 24.4. The average Bonchev–Trinajstić information content (AvgIpc) is 2.87. The maximum atomic E-state index is 14.3. The van der Waals surface area contributed by atoms with Crippen LogP contribution in [0.2, 0.25) is 0 Å². The predicted molar refractivity (Wildman–Crippen MR) is 151 cm³/mol. The lowest BCUT2D eigenvalue weighted by Crippen LogP contribution is -2.68. The minimum atomic E-state index is -2.59. The van der Waals surface area contributed by atoms with E-state index < -0.39 is 63.3 Å². The molecule has 5 rings (SSSR count). The fraction of sp³-hybridized carbons (Fsp3) is 0.455. The van der Waals surface area contributed by atoms with E-state index in [-0.39, 0.29) is 48.3 Å². The van der Waals surface area contributed by atoms with Crippen LogP contribution in [0.5, 0.6) is 11.5 Å². The third-order valence-electron chi connectivity index (χ3n) is 9.43. The number of hydrogen-bond donors (Lipinski definition) is 4. The highest BCUT2D eigenvalue weighted by molar-refractivity contribution is 6.16.